The van der Waals surface area contributed by atoms with E-state index in [1.54, 1.807) is 0 Å². The lowest BCUT2D eigenvalue weighted by Crippen LogP contribution is -2.43. The summed E-state index contributed by atoms with van der Waals surface area (Å²) < 4.78 is 0. The van der Waals surface area contributed by atoms with Gasteiger partial charge in [0.05, 0.1) is 19.5 Å². The van der Waals surface area contributed by atoms with Crippen LogP contribution in [0.1, 0.15) is 32.1 Å². The van der Waals surface area contributed by atoms with Gasteiger partial charge in [-0.3, -0.25) is 19.3 Å². The third kappa shape index (κ3) is 6.76. The number of rotatable bonds is 8. The highest BCUT2D eigenvalue weighted by atomic mass is 16.4. The SMILES string of the molecule is O=C(O)CCN(CC(=O)O)CC(=O)NC1CCCC1. The highest BCUT2D eigenvalue weighted by Crippen LogP contribution is 2.17. The maximum atomic E-state index is 11.7. The summed E-state index contributed by atoms with van der Waals surface area (Å²) >= 11 is 0. The van der Waals surface area contributed by atoms with Gasteiger partial charge in [0.2, 0.25) is 5.91 Å². The van der Waals surface area contributed by atoms with Crippen molar-refractivity contribution in [1.82, 2.24) is 10.2 Å². The Morgan fingerprint density at radius 3 is 2.21 bits per heavy atom. The number of hydrogen-bond donors (Lipinski definition) is 3. The molecule has 1 aliphatic carbocycles. The Labute approximate surface area is 111 Å². The minimum absolute atomic E-state index is 0.0553. The average molecular weight is 272 g/mol. The van der Waals surface area contributed by atoms with Gasteiger partial charge < -0.3 is 15.5 Å². The van der Waals surface area contributed by atoms with Crippen molar-refractivity contribution in [1.29, 1.82) is 0 Å². The second-order valence-electron chi connectivity index (χ2n) is 4.80. The first kappa shape index (κ1) is 15.4. The molecule has 0 aliphatic heterocycles. The summed E-state index contributed by atoms with van der Waals surface area (Å²) in [5.41, 5.74) is 0. The lowest BCUT2D eigenvalue weighted by atomic mass is 10.2. The van der Waals surface area contributed by atoms with Gasteiger partial charge in [-0.1, -0.05) is 12.8 Å². The van der Waals surface area contributed by atoms with Crippen LogP contribution in [0.3, 0.4) is 0 Å². The minimum atomic E-state index is -1.07. The minimum Gasteiger partial charge on any atom is -0.481 e. The van der Waals surface area contributed by atoms with Crippen molar-refractivity contribution in [3.05, 3.63) is 0 Å². The van der Waals surface area contributed by atoms with Crippen LogP contribution < -0.4 is 5.32 Å². The molecular formula is C12H20N2O5. The molecule has 0 heterocycles. The number of carboxylic acids is 2. The molecule has 0 spiro atoms. The van der Waals surface area contributed by atoms with Crippen LogP contribution in [-0.4, -0.2) is 58.6 Å². The number of nitrogens with zero attached hydrogens (tertiary/aromatic N) is 1. The highest BCUT2D eigenvalue weighted by Gasteiger charge is 2.20. The normalized spacial score (nSPS) is 15.6. The molecule has 0 bridgehead atoms. The van der Waals surface area contributed by atoms with Gasteiger partial charge in [-0.05, 0) is 12.8 Å². The lowest BCUT2D eigenvalue weighted by Gasteiger charge is -2.20. The van der Waals surface area contributed by atoms with Gasteiger partial charge in [-0.2, -0.15) is 0 Å². The van der Waals surface area contributed by atoms with Crippen molar-refractivity contribution in [2.24, 2.45) is 0 Å². The molecule has 0 unspecified atom stereocenters. The van der Waals surface area contributed by atoms with E-state index >= 15 is 0 Å². The quantitative estimate of drug-likeness (QED) is 0.570. The number of carbonyl (C=O) groups is 3. The maximum absolute atomic E-state index is 11.7. The van der Waals surface area contributed by atoms with Crippen LogP contribution >= 0.6 is 0 Å². The van der Waals surface area contributed by atoms with Crippen LogP contribution in [-0.2, 0) is 14.4 Å². The summed E-state index contributed by atoms with van der Waals surface area (Å²) in [6.45, 7) is -0.346. The van der Waals surface area contributed by atoms with Gasteiger partial charge in [0.1, 0.15) is 0 Å². The summed E-state index contributed by atoms with van der Waals surface area (Å²) in [4.78, 5) is 34.2. The Morgan fingerprint density at radius 1 is 1.05 bits per heavy atom. The van der Waals surface area contributed by atoms with E-state index in [1.807, 2.05) is 0 Å². The maximum Gasteiger partial charge on any atom is 0.317 e. The van der Waals surface area contributed by atoms with E-state index in [9.17, 15) is 14.4 Å². The molecule has 0 aromatic heterocycles. The molecule has 1 amide bonds. The summed E-state index contributed by atoms with van der Waals surface area (Å²) in [5.74, 6) is -2.32. The van der Waals surface area contributed by atoms with Crippen LogP contribution in [0.5, 0.6) is 0 Å². The zero-order valence-electron chi connectivity index (χ0n) is 10.8. The highest BCUT2D eigenvalue weighted by molar-refractivity contribution is 5.79. The fourth-order valence-electron chi connectivity index (χ4n) is 2.21. The first-order valence-corrected chi connectivity index (χ1v) is 6.42. The zero-order valence-corrected chi connectivity index (χ0v) is 10.8. The summed E-state index contributed by atoms with van der Waals surface area (Å²) in [6, 6.07) is 0.179. The number of aliphatic carboxylic acids is 2. The Morgan fingerprint density at radius 2 is 1.68 bits per heavy atom. The first-order chi connectivity index (χ1) is 8.97. The Kier molecular flexibility index (Phi) is 6.27. The van der Waals surface area contributed by atoms with E-state index in [2.05, 4.69) is 5.32 Å². The number of nitrogens with one attached hydrogen (secondary N) is 1. The molecule has 1 aliphatic rings. The standard InChI is InChI=1S/C12H20N2O5/c15-10(13-9-3-1-2-4-9)7-14(8-12(18)19)6-5-11(16)17/h9H,1-8H2,(H,13,15)(H,16,17)(H,18,19). The van der Waals surface area contributed by atoms with E-state index in [-0.39, 0.29) is 38.0 Å². The van der Waals surface area contributed by atoms with Crippen molar-refractivity contribution in [3.8, 4) is 0 Å². The van der Waals surface area contributed by atoms with Crippen LogP contribution in [0.25, 0.3) is 0 Å². The topological polar surface area (TPSA) is 107 Å². The molecule has 7 heteroatoms. The smallest absolute Gasteiger partial charge is 0.317 e. The third-order valence-electron chi connectivity index (χ3n) is 3.09. The molecule has 7 nitrogen and oxygen atoms in total. The molecule has 1 fully saturated rings. The molecule has 19 heavy (non-hydrogen) atoms. The number of carboxylic acid groups (broad SMARTS) is 2. The molecule has 1 saturated carbocycles. The average Bonchev–Trinajstić information content (AvgIpc) is 2.77. The predicted octanol–water partition coefficient (Wildman–Crippen LogP) is -0.0935. The van der Waals surface area contributed by atoms with Crippen LogP contribution in [0.2, 0.25) is 0 Å². The number of carbonyl (C=O) groups excluding carboxylic acids is 1. The Hall–Kier alpha value is -1.63. The lowest BCUT2D eigenvalue weighted by molar-refractivity contribution is -0.141. The summed E-state index contributed by atoms with van der Waals surface area (Å²) in [5, 5.41) is 20.2. The van der Waals surface area contributed by atoms with E-state index in [0.29, 0.717) is 0 Å². The third-order valence-corrected chi connectivity index (χ3v) is 3.09. The molecule has 108 valence electrons. The van der Waals surface area contributed by atoms with Gasteiger partial charge >= 0.3 is 11.9 Å². The second-order valence-corrected chi connectivity index (χ2v) is 4.80. The molecule has 0 aromatic carbocycles. The van der Waals surface area contributed by atoms with Crippen LogP contribution in [0.4, 0.5) is 0 Å². The fourth-order valence-corrected chi connectivity index (χ4v) is 2.21. The molecular weight excluding hydrogens is 252 g/mol. The molecule has 0 saturated heterocycles. The van der Waals surface area contributed by atoms with E-state index in [1.165, 1.54) is 4.90 Å². The molecule has 0 radical (unpaired) electrons. The molecule has 3 N–H and O–H groups in total. The first-order valence-electron chi connectivity index (χ1n) is 6.42. The molecule has 0 atom stereocenters. The van der Waals surface area contributed by atoms with Crippen molar-refractivity contribution < 1.29 is 24.6 Å². The monoisotopic (exact) mass is 272 g/mol. The zero-order chi connectivity index (χ0) is 14.3. The second kappa shape index (κ2) is 7.73. The number of hydrogen-bond acceptors (Lipinski definition) is 4. The summed E-state index contributed by atoms with van der Waals surface area (Å²) in [6.07, 6.45) is 3.94. The van der Waals surface area contributed by atoms with E-state index < -0.39 is 11.9 Å². The van der Waals surface area contributed by atoms with Gasteiger partial charge in [-0.15, -0.1) is 0 Å². The van der Waals surface area contributed by atoms with Crippen LogP contribution in [0, 0.1) is 0 Å². The van der Waals surface area contributed by atoms with Crippen molar-refractivity contribution >= 4 is 17.8 Å². The van der Waals surface area contributed by atoms with Crippen molar-refractivity contribution in [3.63, 3.8) is 0 Å². The van der Waals surface area contributed by atoms with Gasteiger partial charge in [0.25, 0.3) is 0 Å². The van der Waals surface area contributed by atoms with E-state index in [4.69, 9.17) is 10.2 Å². The number of amides is 1. The van der Waals surface area contributed by atoms with Gasteiger partial charge in [0.15, 0.2) is 0 Å². The predicted molar refractivity (Wildman–Crippen MR) is 66.7 cm³/mol. The van der Waals surface area contributed by atoms with Crippen molar-refractivity contribution in [2.45, 2.75) is 38.1 Å². The Balaban J connectivity index is 2.38. The largest absolute Gasteiger partial charge is 0.481 e. The van der Waals surface area contributed by atoms with Crippen molar-refractivity contribution in [2.75, 3.05) is 19.6 Å². The summed E-state index contributed by atoms with van der Waals surface area (Å²) in [7, 11) is 0. The fraction of sp³-hybridized carbons (Fsp3) is 0.750. The van der Waals surface area contributed by atoms with Gasteiger partial charge in [0, 0.05) is 12.6 Å². The Bertz CT molecular complexity index is 339. The van der Waals surface area contributed by atoms with Gasteiger partial charge in [-0.25, -0.2) is 0 Å². The molecule has 1 rings (SSSR count). The van der Waals surface area contributed by atoms with E-state index in [0.717, 1.165) is 25.7 Å². The van der Waals surface area contributed by atoms with Crippen LogP contribution in [0.15, 0.2) is 0 Å². The molecule has 0 aromatic rings.